The Balaban J connectivity index is 1.57. The molecule has 0 saturated carbocycles. The van der Waals surface area contributed by atoms with Gasteiger partial charge >= 0.3 is 4.87 Å². The lowest BCUT2D eigenvalue weighted by Crippen LogP contribution is -2.17. The molecule has 9 heteroatoms. The number of hydrogen-bond acceptors (Lipinski definition) is 5. The second kappa shape index (κ2) is 8.11. The van der Waals surface area contributed by atoms with E-state index in [-0.39, 0.29) is 22.2 Å². The van der Waals surface area contributed by atoms with Gasteiger partial charge in [0.2, 0.25) is 5.91 Å². The summed E-state index contributed by atoms with van der Waals surface area (Å²) < 4.78 is 14.8. The average molecular weight is 412 g/mol. The first kappa shape index (κ1) is 18.8. The van der Waals surface area contributed by atoms with Crippen LogP contribution in [0.4, 0.5) is 9.52 Å². The number of hydrogen-bond donors (Lipinski definition) is 1. The van der Waals surface area contributed by atoms with Crippen molar-refractivity contribution in [3.8, 4) is 11.3 Å². The minimum Gasteiger partial charge on any atom is -0.303 e. The second-order valence-corrected chi connectivity index (χ2v) is 7.69. The van der Waals surface area contributed by atoms with Gasteiger partial charge in [-0.25, -0.2) is 9.37 Å². The Morgan fingerprint density at radius 2 is 2.15 bits per heavy atom. The van der Waals surface area contributed by atoms with E-state index in [1.165, 1.54) is 23.5 Å². The number of thiazole rings is 2. The van der Waals surface area contributed by atoms with E-state index in [2.05, 4.69) is 10.3 Å². The van der Waals surface area contributed by atoms with E-state index in [0.717, 1.165) is 17.0 Å². The van der Waals surface area contributed by atoms with E-state index in [9.17, 15) is 14.0 Å². The molecule has 0 saturated heterocycles. The zero-order valence-corrected chi connectivity index (χ0v) is 16.2. The number of rotatable bonds is 6. The highest BCUT2D eigenvalue weighted by Gasteiger charge is 2.11. The summed E-state index contributed by atoms with van der Waals surface area (Å²) in [7, 11) is 0. The van der Waals surface area contributed by atoms with Crippen molar-refractivity contribution in [2.45, 2.75) is 26.3 Å². The summed E-state index contributed by atoms with van der Waals surface area (Å²) in [6.07, 6.45) is 0.847. The van der Waals surface area contributed by atoms with Crippen molar-refractivity contribution < 1.29 is 9.18 Å². The predicted octanol–water partition coefficient (Wildman–Crippen LogP) is 4.55. The number of amides is 1. The molecule has 0 atom stereocenters. The molecular formula is C17H15ClFN3O2S2. The van der Waals surface area contributed by atoms with Gasteiger partial charge in [0.15, 0.2) is 5.13 Å². The number of aromatic nitrogens is 2. The number of anilines is 1. The number of halogens is 2. The molecule has 0 unspecified atom stereocenters. The van der Waals surface area contributed by atoms with Crippen LogP contribution in [0.15, 0.2) is 33.8 Å². The highest BCUT2D eigenvalue weighted by molar-refractivity contribution is 7.14. The van der Waals surface area contributed by atoms with E-state index in [1.54, 1.807) is 21.4 Å². The van der Waals surface area contributed by atoms with E-state index in [1.807, 2.05) is 6.92 Å². The van der Waals surface area contributed by atoms with Gasteiger partial charge in [-0.1, -0.05) is 22.9 Å². The quantitative estimate of drug-likeness (QED) is 0.647. The lowest BCUT2D eigenvalue weighted by Gasteiger charge is -2.04. The first-order chi connectivity index (χ1) is 12.4. The lowest BCUT2D eigenvalue weighted by molar-refractivity contribution is -0.116. The van der Waals surface area contributed by atoms with Gasteiger partial charge in [-0.3, -0.25) is 9.59 Å². The van der Waals surface area contributed by atoms with E-state index in [0.29, 0.717) is 29.4 Å². The van der Waals surface area contributed by atoms with E-state index >= 15 is 0 Å². The molecule has 0 fully saturated rings. The Bertz CT molecular complexity index is 996. The number of carbonyl (C=O) groups excluding carboxylic acids is 1. The van der Waals surface area contributed by atoms with Crippen molar-refractivity contribution in [2.24, 2.45) is 0 Å². The van der Waals surface area contributed by atoms with Crippen LogP contribution in [-0.4, -0.2) is 15.5 Å². The van der Waals surface area contributed by atoms with Gasteiger partial charge in [-0.2, -0.15) is 0 Å². The zero-order chi connectivity index (χ0) is 18.7. The first-order valence-corrected chi connectivity index (χ1v) is 9.93. The van der Waals surface area contributed by atoms with Gasteiger partial charge in [-0.05, 0) is 31.5 Å². The zero-order valence-electron chi connectivity index (χ0n) is 13.8. The van der Waals surface area contributed by atoms with Crippen LogP contribution in [0.1, 0.15) is 18.5 Å². The maximum atomic E-state index is 13.1. The van der Waals surface area contributed by atoms with Gasteiger partial charge < -0.3 is 9.88 Å². The van der Waals surface area contributed by atoms with Crippen molar-refractivity contribution in [2.75, 3.05) is 5.32 Å². The van der Waals surface area contributed by atoms with Crippen LogP contribution >= 0.6 is 34.3 Å². The highest BCUT2D eigenvalue weighted by Crippen LogP contribution is 2.31. The molecule has 0 bridgehead atoms. The molecule has 0 radical (unpaired) electrons. The number of benzene rings is 1. The number of carbonyl (C=O) groups is 1. The normalized spacial score (nSPS) is 10.9. The monoisotopic (exact) mass is 411 g/mol. The van der Waals surface area contributed by atoms with Gasteiger partial charge in [0.1, 0.15) is 5.82 Å². The maximum Gasteiger partial charge on any atom is 0.307 e. The Morgan fingerprint density at radius 1 is 1.35 bits per heavy atom. The predicted molar refractivity (Wildman–Crippen MR) is 104 cm³/mol. The minimum absolute atomic E-state index is 0.0105. The molecule has 0 aliphatic carbocycles. The third kappa shape index (κ3) is 4.38. The van der Waals surface area contributed by atoms with Crippen molar-refractivity contribution >= 4 is 45.3 Å². The summed E-state index contributed by atoms with van der Waals surface area (Å²) in [6.45, 7) is 2.38. The molecule has 2 aromatic heterocycles. The maximum absolute atomic E-state index is 13.1. The summed E-state index contributed by atoms with van der Waals surface area (Å²) in [5.74, 6) is -0.584. The van der Waals surface area contributed by atoms with Crippen molar-refractivity contribution in [3.63, 3.8) is 0 Å². The summed E-state index contributed by atoms with van der Waals surface area (Å²) in [5.41, 5.74) is 2.09. The second-order valence-electron chi connectivity index (χ2n) is 5.61. The van der Waals surface area contributed by atoms with Gasteiger partial charge in [0.05, 0.1) is 10.7 Å². The first-order valence-electron chi connectivity index (χ1n) is 7.80. The standard InChI is InChI=1S/C17H15ClFN3O2S2/c1-10-8-26-17(24)22(10)6-2-3-15(23)21-16-20-14(9-25-16)12-5-4-11(19)7-13(12)18/h4-5,7-9H,2-3,6H2,1H3,(H,20,21,23). The van der Waals surface area contributed by atoms with Crippen LogP contribution in [0.2, 0.25) is 5.02 Å². The average Bonchev–Trinajstić information content (AvgIpc) is 3.16. The highest BCUT2D eigenvalue weighted by atomic mass is 35.5. The number of aryl methyl sites for hydroxylation is 1. The van der Waals surface area contributed by atoms with E-state index < -0.39 is 5.82 Å². The summed E-state index contributed by atoms with van der Waals surface area (Å²) in [6, 6.07) is 4.09. The fourth-order valence-electron chi connectivity index (χ4n) is 2.41. The molecule has 0 aliphatic heterocycles. The van der Waals surface area contributed by atoms with Crippen molar-refractivity contribution in [3.05, 3.63) is 55.2 Å². The Morgan fingerprint density at radius 3 is 2.85 bits per heavy atom. The fourth-order valence-corrected chi connectivity index (χ4v) is 4.16. The van der Waals surface area contributed by atoms with Gasteiger partial charge in [-0.15, -0.1) is 11.3 Å². The topological polar surface area (TPSA) is 64.0 Å². The van der Waals surface area contributed by atoms with Crippen molar-refractivity contribution in [1.29, 1.82) is 0 Å². The van der Waals surface area contributed by atoms with Crippen LogP contribution < -0.4 is 10.2 Å². The summed E-state index contributed by atoms with van der Waals surface area (Å²) in [5, 5.41) is 7.02. The summed E-state index contributed by atoms with van der Waals surface area (Å²) >= 11 is 8.46. The van der Waals surface area contributed by atoms with Crippen LogP contribution in [0.3, 0.4) is 0 Å². The van der Waals surface area contributed by atoms with Crippen LogP contribution in [0, 0.1) is 12.7 Å². The Kier molecular flexibility index (Phi) is 5.85. The SMILES string of the molecule is Cc1csc(=O)n1CCCC(=O)Nc1nc(-c2ccc(F)cc2Cl)cs1. The smallest absolute Gasteiger partial charge is 0.303 e. The molecule has 3 aromatic rings. The van der Waals surface area contributed by atoms with Crippen molar-refractivity contribution in [1.82, 2.24) is 9.55 Å². The fraction of sp³-hybridized carbons (Fsp3) is 0.235. The molecule has 1 amide bonds. The van der Waals surface area contributed by atoms with Gasteiger partial charge in [0.25, 0.3) is 0 Å². The molecule has 5 nitrogen and oxygen atoms in total. The summed E-state index contributed by atoms with van der Waals surface area (Å²) in [4.78, 5) is 28.0. The number of nitrogens with zero attached hydrogens (tertiary/aromatic N) is 2. The molecule has 26 heavy (non-hydrogen) atoms. The third-order valence-electron chi connectivity index (χ3n) is 3.72. The number of nitrogens with one attached hydrogen (secondary N) is 1. The third-order valence-corrected chi connectivity index (χ3v) is 5.67. The van der Waals surface area contributed by atoms with Crippen LogP contribution in [-0.2, 0) is 11.3 Å². The largest absolute Gasteiger partial charge is 0.307 e. The van der Waals surface area contributed by atoms with Crippen LogP contribution in [0.5, 0.6) is 0 Å². The Hall–Kier alpha value is -2.03. The van der Waals surface area contributed by atoms with Gasteiger partial charge in [0, 0.05) is 35.0 Å². The molecule has 1 N–H and O–H groups in total. The Labute approximate surface area is 162 Å². The molecule has 2 heterocycles. The van der Waals surface area contributed by atoms with Crippen LogP contribution in [0.25, 0.3) is 11.3 Å². The molecule has 0 spiro atoms. The minimum atomic E-state index is -0.414. The molecule has 3 rings (SSSR count). The molecular weight excluding hydrogens is 397 g/mol. The molecule has 136 valence electrons. The molecule has 0 aliphatic rings. The molecule has 1 aromatic carbocycles. The van der Waals surface area contributed by atoms with E-state index in [4.69, 9.17) is 11.6 Å². The lowest BCUT2D eigenvalue weighted by atomic mass is 10.2.